The fourth-order valence-corrected chi connectivity index (χ4v) is 1.88. The highest BCUT2D eigenvalue weighted by Gasteiger charge is 2.15. The van der Waals surface area contributed by atoms with E-state index in [1.54, 1.807) is 0 Å². The van der Waals surface area contributed by atoms with Crippen molar-refractivity contribution in [3.63, 3.8) is 0 Å². The minimum Gasteiger partial charge on any atom is -0.494 e. The van der Waals surface area contributed by atoms with Gasteiger partial charge in [-0.15, -0.1) is 0 Å². The number of anilines is 1. The zero-order valence-electron chi connectivity index (χ0n) is 13.9. The molecule has 5 nitrogen and oxygen atoms in total. The minimum atomic E-state index is -0.442. The van der Waals surface area contributed by atoms with Crippen molar-refractivity contribution in [1.29, 1.82) is 0 Å². The summed E-state index contributed by atoms with van der Waals surface area (Å²) in [7, 11) is 0. The highest BCUT2D eigenvalue weighted by Crippen LogP contribution is 2.15. The third-order valence-corrected chi connectivity index (χ3v) is 2.87. The van der Waals surface area contributed by atoms with E-state index in [9.17, 15) is 4.79 Å². The van der Waals surface area contributed by atoms with Crippen molar-refractivity contribution in [2.45, 2.75) is 52.1 Å². The van der Waals surface area contributed by atoms with Gasteiger partial charge in [0.2, 0.25) is 0 Å². The van der Waals surface area contributed by atoms with Crippen LogP contribution < -0.4 is 15.8 Å². The van der Waals surface area contributed by atoms with E-state index in [1.165, 1.54) is 0 Å². The number of hydrogen-bond donors (Lipinski definition) is 2. The third-order valence-electron chi connectivity index (χ3n) is 2.87. The van der Waals surface area contributed by atoms with Crippen LogP contribution in [-0.4, -0.2) is 24.8 Å². The summed E-state index contributed by atoms with van der Waals surface area (Å²) in [5.41, 5.74) is 5.95. The molecule has 1 aromatic carbocycles. The molecule has 0 aliphatic carbocycles. The zero-order valence-corrected chi connectivity index (χ0v) is 13.9. The first-order valence-electron chi connectivity index (χ1n) is 7.82. The van der Waals surface area contributed by atoms with Gasteiger partial charge in [-0.2, -0.15) is 0 Å². The van der Waals surface area contributed by atoms with Crippen molar-refractivity contribution in [2.75, 3.05) is 18.9 Å². The van der Waals surface area contributed by atoms with Gasteiger partial charge in [-0.3, -0.25) is 0 Å². The lowest BCUT2D eigenvalue weighted by Gasteiger charge is -2.19. The second-order valence-corrected chi connectivity index (χ2v) is 6.26. The molecule has 124 valence electrons. The fraction of sp³-hybridized carbons (Fsp3) is 0.588. The predicted molar refractivity (Wildman–Crippen MR) is 89.1 cm³/mol. The Hall–Kier alpha value is -1.91. The molecule has 0 heterocycles. The van der Waals surface area contributed by atoms with Gasteiger partial charge >= 0.3 is 6.09 Å². The number of carbonyl (C=O) groups excluding carboxylic acids is 1. The number of ether oxygens (including phenoxy) is 2. The van der Waals surface area contributed by atoms with Gasteiger partial charge in [0.1, 0.15) is 11.4 Å². The predicted octanol–water partition coefficient (Wildman–Crippen LogP) is 3.73. The van der Waals surface area contributed by atoms with E-state index >= 15 is 0 Å². The molecule has 3 N–H and O–H groups in total. The van der Waals surface area contributed by atoms with E-state index in [-0.39, 0.29) is 6.09 Å². The van der Waals surface area contributed by atoms with Crippen molar-refractivity contribution in [1.82, 2.24) is 5.32 Å². The Morgan fingerprint density at radius 2 is 1.91 bits per heavy atom. The molecule has 0 aromatic heterocycles. The van der Waals surface area contributed by atoms with Crippen LogP contribution in [0.25, 0.3) is 0 Å². The Labute approximate surface area is 133 Å². The Kier molecular flexibility index (Phi) is 7.57. The van der Waals surface area contributed by atoms with E-state index < -0.39 is 5.60 Å². The van der Waals surface area contributed by atoms with Crippen LogP contribution in [0.2, 0.25) is 0 Å². The second-order valence-electron chi connectivity index (χ2n) is 6.26. The van der Waals surface area contributed by atoms with E-state index in [1.807, 2.05) is 45.0 Å². The van der Waals surface area contributed by atoms with Gasteiger partial charge in [0.05, 0.1) is 6.61 Å². The monoisotopic (exact) mass is 308 g/mol. The van der Waals surface area contributed by atoms with Crippen LogP contribution in [0.3, 0.4) is 0 Å². The van der Waals surface area contributed by atoms with Gasteiger partial charge < -0.3 is 20.5 Å². The lowest BCUT2D eigenvalue weighted by atomic mass is 10.2. The molecule has 0 fully saturated rings. The van der Waals surface area contributed by atoms with Crippen molar-refractivity contribution >= 4 is 11.8 Å². The normalized spacial score (nSPS) is 11.0. The largest absolute Gasteiger partial charge is 0.494 e. The molecule has 0 atom stereocenters. The number of nitrogen functional groups attached to an aromatic ring is 1. The smallest absolute Gasteiger partial charge is 0.407 e. The molecule has 1 amide bonds. The molecule has 1 rings (SSSR count). The number of benzene rings is 1. The van der Waals surface area contributed by atoms with Crippen LogP contribution in [0.15, 0.2) is 24.3 Å². The summed E-state index contributed by atoms with van der Waals surface area (Å²) in [5.74, 6) is 0.812. The first kappa shape index (κ1) is 18.1. The summed E-state index contributed by atoms with van der Waals surface area (Å²) in [4.78, 5) is 11.4. The van der Waals surface area contributed by atoms with Gasteiger partial charge in [0, 0.05) is 18.3 Å². The molecule has 0 aliphatic heterocycles. The zero-order chi connectivity index (χ0) is 16.4. The number of hydrogen-bond acceptors (Lipinski definition) is 4. The van der Waals surface area contributed by atoms with Gasteiger partial charge in [0.15, 0.2) is 0 Å². The molecule has 0 bridgehead atoms. The fourth-order valence-electron chi connectivity index (χ4n) is 1.88. The standard InChI is InChI=1S/C17H28N2O3/c1-17(2,3)22-16(20)19-11-6-4-5-7-12-21-15-10-8-9-14(18)13-15/h8-10,13H,4-7,11-12,18H2,1-3H3,(H,19,20). The number of nitrogens with two attached hydrogens (primary N) is 1. The average molecular weight is 308 g/mol. The minimum absolute atomic E-state index is 0.350. The molecule has 0 aliphatic rings. The first-order chi connectivity index (χ1) is 10.4. The van der Waals surface area contributed by atoms with Crippen LogP contribution in [0.4, 0.5) is 10.5 Å². The highest BCUT2D eigenvalue weighted by molar-refractivity contribution is 5.67. The lowest BCUT2D eigenvalue weighted by molar-refractivity contribution is 0.0527. The molecular formula is C17H28N2O3. The Balaban J connectivity index is 1.97. The SMILES string of the molecule is CC(C)(C)OC(=O)NCCCCCCOc1cccc(N)c1. The lowest BCUT2D eigenvalue weighted by Crippen LogP contribution is -2.32. The number of carbonyl (C=O) groups is 1. The van der Waals surface area contributed by atoms with E-state index in [4.69, 9.17) is 15.2 Å². The molecular weight excluding hydrogens is 280 g/mol. The average Bonchev–Trinajstić information content (AvgIpc) is 2.40. The molecule has 0 radical (unpaired) electrons. The molecule has 0 saturated carbocycles. The maximum atomic E-state index is 11.4. The summed E-state index contributed by atoms with van der Waals surface area (Å²) < 4.78 is 10.8. The van der Waals surface area contributed by atoms with Crippen LogP contribution in [0, 0.1) is 0 Å². The van der Waals surface area contributed by atoms with Crippen molar-refractivity contribution in [3.8, 4) is 5.75 Å². The third kappa shape index (κ3) is 9.10. The topological polar surface area (TPSA) is 73.6 Å². The Bertz CT molecular complexity index is 455. The summed E-state index contributed by atoms with van der Waals surface area (Å²) in [6.45, 7) is 6.89. The molecule has 22 heavy (non-hydrogen) atoms. The van der Waals surface area contributed by atoms with Crippen molar-refractivity contribution < 1.29 is 14.3 Å². The van der Waals surface area contributed by atoms with Crippen LogP contribution in [-0.2, 0) is 4.74 Å². The van der Waals surface area contributed by atoms with E-state index in [0.717, 1.165) is 31.4 Å². The summed E-state index contributed by atoms with van der Waals surface area (Å²) >= 11 is 0. The van der Waals surface area contributed by atoms with Crippen molar-refractivity contribution in [2.24, 2.45) is 0 Å². The Morgan fingerprint density at radius 3 is 2.59 bits per heavy atom. The number of rotatable bonds is 8. The van der Waals surface area contributed by atoms with Crippen LogP contribution >= 0.6 is 0 Å². The first-order valence-corrected chi connectivity index (χ1v) is 7.82. The van der Waals surface area contributed by atoms with E-state index in [0.29, 0.717) is 18.8 Å². The number of amides is 1. The number of nitrogens with one attached hydrogen (secondary N) is 1. The number of alkyl carbamates (subject to hydrolysis) is 1. The van der Waals surface area contributed by atoms with Gasteiger partial charge in [-0.1, -0.05) is 18.9 Å². The van der Waals surface area contributed by atoms with Gasteiger partial charge in [0.25, 0.3) is 0 Å². The van der Waals surface area contributed by atoms with Gasteiger partial charge in [-0.25, -0.2) is 4.79 Å². The summed E-state index contributed by atoms with van der Waals surface area (Å²) in [6, 6.07) is 7.45. The van der Waals surface area contributed by atoms with Crippen molar-refractivity contribution in [3.05, 3.63) is 24.3 Å². The maximum Gasteiger partial charge on any atom is 0.407 e. The molecule has 5 heteroatoms. The number of unbranched alkanes of at least 4 members (excludes halogenated alkanes) is 3. The maximum absolute atomic E-state index is 11.4. The Morgan fingerprint density at radius 1 is 1.18 bits per heavy atom. The van der Waals surface area contributed by atoms with E-state index in [2.05, 4.69) is 5.32 Å². The summed E-state index contributed by atoms with van der Waals surface area (Å²) in [5, 5.41) is 2.76. The molecule has 0 unspecified atom stereocenters. The summed E-state index contributed by atoms with van der Waals surface area (Å²) in [6.07, 6.45) is 3.70. The highest BCUT2D eigenvalue weighted by atomic mass is 16.6. The molecule has 0 saturated heterocycles. The quantitative estimate of drug-likeness (QED) is 0.567. The second kappa shape index (κ2) is 9.18. The van der Waals surface area contributed by atoms with Gasteiger partial charge in [-0.05, 0) is 45.7 Å². The molecule has 0 spiro atoms. The molecule has 1 aromatic rings. The van der Waals surface area contributed by atoms with Crippen LogP contribution in [0.5, 0.6) is 5.75 Å². The van der Waals surface area contributed by atoms with Crippen LogP contribution in [0.1, 0.15) is 46.5 Å².